The molecule has 1 heterocycles. The molecule has 0 spiro atoms. The van der Waals surface area contributed by atoms with Crippen LogP contribution in [0.25, 0.3) is 93.2 Å². The number of rotatable bonds is 7. The first kappa shape index (κ1) is 35.7. The second kappa shape index (κ2) is 14.8. The van der Waals surface area contributed by atoms with Gasteiger partial charge in [-0.15, -0.1) is 0 Å². The third-order valence-corrected chi connectivity index (χ3v) is 12.5. The Morgan fingerprint density at radius 1 is 0.290 bits per heavy atom. The predicted molar refractivity (Wildman–Crippen MR) is 264 cm³/mol. The summed E-state index contributed by atoms with van der Waals surface area (Å²) in [4.78, 5) is 2.39. The largest absolute Gasteiger partial charge is 0.310 e. The maximum absolute atomic E-state index is 2.44. The van der Waals surface area contributed by atoms with Crippen molar-refractivity contribution in [2.75, 3.05) is 4.90 Å². The first-order chi connectivity index (χ1) is 30.7. The first-order valence-corrected chi connectivity index (χ1v) is 21.3. The van der Waals surface area contributed by atoms with Crippen molar-refractivity contribution in [2.45, 2.75) is 0 Å². The van der Waals surface area contributed by atoms with E-state index >= 15 is 0 Å². The zero-order valence-corrected chi connectivity index (χ0v) is 34.0. The Balaban J connectivity index is 0.979. The topological polar surface area (TPSA) is 8.17 Å². The molecule has 0 aliphatic rings. The van der Waals surface area contributed by atoms with Crippen molar-refractivity contribution in [3.05, 3.63) is 243 Å². The molecule has 0 N–H and O–H groups in total. The van der Waals surface area contributed by atoms with Gasteiger partial charge in [-0.25, -0.2) is 0 Å². The fourth-order valence-electron chi connectivity index (χ4n) is 9.61. The van der Waals surface area contributed by atoms with E-state index in [0.717, 1.165) is 22.7 Å². The van der Waals surface area contributed by atoms with Gasteiger partial charge in [0.1, 0.15) is 0 Å². The van der Waals surface area contributed by atoms with Crippen LogP contribution >= 0.6 is 0 Å². The summed E-state index contributed by atoms with van der Waals surface area (Å²) >= 11 is 0. The van der Waals surface area contributed by atoms with Crippen LogP contribution in [-0.2, 0) is 0 Å². The fraction of sp³-hybridized carbons (Fsp3) is 0. The summed E-state index contributed by atoms with van der Waals surface area (Å²) in [5, 5.41) is 9.94. The summed E-state index contributed by atoms with van der Waals surface area (Å²) in [5.41, 5.74) is 14.1. The molecule has 0 unspecified atom stereocenters. The van der Waals surface area contributed by atoms with Crippen LogP contribution < -0.4 is 4.90 Å². The van der Waals surface area contributed by atoms with Gasteiger partial charge < -0.3 is 9.47 Å². The summed E-state index contributed by atoms with van der Waals surface area (Å²) in [6, 6.07) is 88.5. The van der Waals surface area contributed by atoms with Gasteiger partial charge in [0.15, 0.2) is 0 Å². The maximum Gasteiger partial charge on any atom is 0.0619 e. The lowest BCUT2D eigenvalue weighted by Gasteiger charge is -2.26. The molecule has 0 amide bonds. The predicted octanol–water partition coefficient (Wildman–Crippen LogP) is 16.7. The molecule has 0 aliphatic heterocycles. The third-order valence-electron chi connectivity index (χ3n) is 12.5. The minimum atomic E-state index is 1.10. The number of nitrogens with zero attached hydrogens (tertiary/aromatic N) is 2. The molecule has 0 atom stereocenters. The molecule has 12 rings (SSSR count). The zero-order chi connectivity index (χ0) is 41.0. The van der Waals surface area contributed by atoms with E-state index in [4.69, 9.17) is 0 Å². The average Bonchev–Trinajstić information content (AvgIpc) is 3.70. The number of para-hydroxylation sites is 1. The molecule has 0 radical (unpaired) electrons. The van der Waals surface area contributed by atoms with Crippen LogP contribution in [0.1, 0.15) is 0 Å². The van der Waals surface area contributed by atoms with Gasteiger partial charge in [0.25, 0.3) is 0 Å². The molecule has 12 aromatic rings. The molecule has 1 aromatic heterocycles. The van der Waals surface area contributed by atoms with Gasteiger partial charge in [0.2, 0.25) is 0 Å². The van der Waals surface area contributed by atoms with E-state index in [1.165, 1.54) is 87.5 Å². The zero-order valence-electron chi connectivity index (χ0n) is 34.0. The number of hydrogen-bond donors (Lipinski definition) is 0. The lowest BCUT2D eigenvalue weighted by molar-refractivity contribution is 1.19. The molecule has 62 heavy (non-hydrogen) atoms. The summed E-state index contributed by atoms with van der Waals surface area (Å²) in [5.74, 6) is 0. The Morgan fingerprint density at radius 2 is 0.855 bits per heavy atom. The van der Waals surface area contributed by atoms with E-state index < -0.39 is 0 Å². The summed E-state index contributed by atoms with van der Waals surface area (Å²) in [7, 11) is 0. The summed E-state index contributed by atoms with van der Waals surface area (Å²) < 4.78 is 2.44. The Morgan fingerprint density at radius 3 is 1.66 bits per heavy atom. The van der Waals surface area contributed by atoms with Crippen molar-refractivity contribution in [3.8, 4) is 39.1 Å². The quantitative estimate of drug-likeness (QED) is 0.156. The van der Waals surface area contributed by atoms with Crippen molar-refractivity contribution in [2.24, 2.45) is 0 Å². The van der Waals surface area contributed by atoms with Crippen LogP contribution in [0.2, 0.25) is 0 Å². The Hall–Kier alpha value is -8.20. The SMILES string of the molecule is c1ccc(-n2c3cccc(-c4cccc(N(c5ccc(-c6ccc(-c7cccc8ccccc78)cc6)cc5)c5ccc6ccccc6c5)c4)c3c3ccc4ccccc4c32)cc1. The third kappa shape index (κ3) is 6.04. The maximum atomic E-state index is 2.44. The van der Waals surface area contributed by atoms with Crippen LogP contribution in [0.3, 0.4) is 0 Å². The van der Waals surface area contributed by atoms with Gasteiger partial charge in [-0.05, 0) is 115 Å². The van der Waals surface area contributed by atoms with Gasteiger partial charge in [-0.1, -0.05) is 188 Å². The first-order valence-electron chi connectivity index (χ1n) is 21.3. The molecule has 0 saturated heterocycles. The molecule has 290 valence electrons. The molecule has 0 aliphatic carbocycles. The highest BCUT2D eigenvalue weighted by molar-refractivity contribution is 6.22. The second-order valence-electron chi connectivity index (χ2n) is 16.1. The van der Waals surface area contributed by atoms with Gasteiger partial charge in [-0.2, -0.15) is 0 Å². The number of fused-ring (bicyclic) bond motifs is 7. The van der Waals surface area contributed by atoms with Gasteiger partial charge >= 0.3 is 0 Å². The van der Waals surface area contributed by atoms with E-state index in [2.05, 4.69) is 252 Å². The lowest BCUT2D eigenvalue weighted by atomic mass is 9.96. The van der Waals surface area contributed by atoms with Gasteiger partial charge in [0.05, 0.1) is 11.0 Å². The Labute approximate surface area is 360 Å². The van der Waals surface area contributed by atoms with Crippen molar-refractivity contribution >= 4 is 71.2 Å². The minimum Gasteiger partial charge on any atom is -0.310 e. The minimum absolute atomic E-state index is 1.10. The van der Waals surface area contributed by atoms with E-state index in [1.807, 2.05) is 0 Å². The Kier molecular flexibility index (Phi) is 8.53. The van der Waals surface area contributed by atoms with E-state index in [1.54, 1.807) is 0 Å². The van der Waals surface area contributed by atoms with Crippen molar-refractivity contribution < 1.29 is 0 Å². The lowest BCUT2D eigenvalue weighted by Crippen LogP contribution is -2.10. The normalized spacial score (nSPS) is 11.5. The molecule has 0 bridgehead atoms. The second-order valence-corrected chi connectivity index (χ2v) is 16.1. The smallest absolute Gasteiger partial charge is 0.0619 e. The molecule has 0 saturated carbocycles. The standard InChI is InChI=1S/C60H40N2/c1-2-19-49(20-3-1)62-58-26-12-25-55(59(58)57-38-34-45-15-7-9-23-56(45)60(57)62)48-18-10-21-51(40-48)61(52-37-33-41-13-4-5-16-47(41)39-52)50-35-31-43(32-36-50)42-27-29-46(30-28-42)54-24-11-17-44-14-6-8-22-53(44)54/h1-40H. The monoisotopic (exact) mass is 788 g/mol. The fourth-order valence-corrected chi connectivity index (χ4v) is 9.61. The van der Waals surface area contributed by atoms with Crippen LogP contribution in [0.15, 0.2) is 243 Å². The molecular formula is C60H40N2. The van der Waals surface area contributed by atoms with Gasteiger partial charge in [0, 0.05) is 38.9 Å². The van der Waals surface area contributed by atoms with Crippen molar-refractivity contribution in [1.29, 1.82) is 0 Å². The van der Waals surface area contributed by atoms with E-state index in [9.17, 15) is 0 Å². The Bertz CT molecular complexity index is 3610. The molecule has 2 heteroatoms. The molecule has 0 fully saturated rings. The number of benzene rings is 11. The van der Waals surface area contributed by atoms with E-state index in [-0.39, 0.29) is 0 Å². The number of aromatic nitrogens is 1. The highest BCUT2D eigenvalue weighted by Crippen LogP contribution is 2.44. The van der Waals surface area contributed by atoms with Crippen LogP contribution in [0, 0.1) is 0 Å². The van der Waals surface area contributed by atoms with Crippen molar-refractivity contribution in [1.82, 2.24) is 4.57 Å². The summed E-state index contributed by atoms with van der Waals surface area (Å²) in [6.07, 6.45) is 0. The number of anilines is 3. The van der Waals surface area contributed by atoms with Crippen LogP contribution in [-0.4, -0.2) is 4.57 Å². The number of hydrogen-bond acceptors (Lipinski definition) is 1. The van der Waals surface area contributed by atoms with Crippen LogP contribution in [0.4, 0.5) is 17.1 Å². The summed E-state index contributed by atoms with van der Waals surface area (Å²) in [6.45, 7) is 0. The van der Waals surface area contributed by atoms with Gasteiger partial charge in [-0.3, -0.25) is 0 Å². The average molecular weight is 789 g/mol. The molecule has 2 nitrogen and oxygen atoms in total. The molecular weight excluding hydrogens is 749 g/mol. The highest BCUT2D eigenvalue weighted by Gasteiger charge is 2.20. The molecule has 11 aromatic carbocycles. The highest BCUT2D eigenvalue weighted by atomic mass is 15.1. The van der Waals surface area contributed by atoms with Crippen LogP contribution in [0.5, 0.6) is 0 Å². The van der Waals surface area contributed by atoms with Crippen molar-refractivity contribution in [3.63, 3.8) is 0 Å². The van der Waals surface area contributed by atoms with E-state index in [0.29, 0.717) is 0 Å².